The number of halogens is 1. The Morgan fingerprint density at radius 3 is 2.38 bits per heavy atom. The van der Waals surface area contributed by atoms with Crippen LogP contribution >= 0.6 is 22.6 Å². The highest BCUT2D eigenvalue weighted by Crippen LogP contribution is 2.21. The molecule has 2 aromatic carbocycles. The van der Waals surface area contributed by atoms with E-state index >= 15 is 0 Å². The van der Waals surface area contributed by atoms with Crippen molar-refractivity contribution in [2.24, 2.45) is 0 Å². The first-order valence-electron chi connectivity index (χ1n) is 6.41. The minimum Gasteiger partial charge on any atom is -0.326 e. The van der Waals surface area contributed by atoms with Gasteiger partial charge >= 0.3 is 0 Å². The minimum absolute atomic E-state index is 0.117. The van der Waals surface area contributed by atoms with E-state index in [4.69, 9.17) is 0 Å². The second kappa shape index (κ2) is 6.71. The maximum atomic E-state index is 12.2. The quantitative estimate of drug-likeness (QED) is 0.778. The van der Waals surface area contributed by atoms with Crippen molar-refractivity contribution in [1.82, 2.24) is 0 Å². The van der Waals surface area contributed by atoms with Gasteiger partial charge in [0, 0.05) is 21.9 Å². The Morgan fingerprint density at radius 2 is 1.76 bits per heavy atom. The Labute approximate surface area is 137 Å². The third-order valence-electron chi connectivity index (χ3n) is 2.91. The van der Waals surface area contributed by atoms with E-state index in [1.807, 2.05) is 31.2 Å². The fourth-order valence-corrected chi connectivity index (χ4v) is 2.55. The van der Waals surface area contributed by atoms with Crippen LogP contribution in [0.15, 0.2) is 42.5 Å². The van der Waals surface area contributed by atoms with Crippen LogP contribution in [0.2, 0.25) is 0 Å². The zero-order valence-corrected chi connectivity index (χ0v) is 13.9. The monoisotopic (exact) mass is 394 g/mol. The molecule has 0 spiro atoms. The maximum absolute atomic E-state index is 12.2. The van der Waals surface area contributed by atoms with Crippen molar-refractivity contribution in [3.05, 3.63) is 57.2 Å². The van der Waals surface area contributed by atoms with Crippen LogP contribution in [-0.2, 0) is 4.79 Å². The zero-order valence-electron chi connectivity index (χ0n) is 11.7. The summed E-state index contributed by atoms with van der Waals surface area (Å²) in [6, 6.07) is 12.8. The van der Waals surface area contributed by atoms with Gasteiger partial charge in [-0.3, -0.25) is 9.59 Å². The molecule has 0 aliphatic carbocycles. The van der Waals surface area contributed by atoms with Crippen molar-refractivity contribution in [2.75, 3.05) is 10.6 Å². The lowest BCUT2D eigenvalue weighted by Crippen LogP contribution is -2.14. The Balaban J connectivity index is 2.17. The van der Waals surface area contributed by atoms with E-state index in [0.717, 1.165) is 14.8 Å². The number of anilines is 2. The lowest BCUT2D eigenvalue weighted by molar-refractivity contribution is -0.114. The molecule has 4 nitrogen and oxygen atoms in total. The Morgan fingerprint density at radius 1 is 1.05 bits per heavy atom. The third-order valence-corrected chi connectivity index (χ3v) is 3.85. The molecular formula is C16H15IN2O2. The first kappa shape index (κ1) is 15.5. The van der Waals surface area contributed by atoms with Crippen LogP contribution in [0.1, 0.15) is 22.8 Å². The number of benzene rings is 2. The second-order valence-corrected chi connectivity index (χ2v) is 5.81. The highest BCUT2D eigenvalue weighted by Gasteiger charge is 2.10. The number of carbonyl (C=O) groups is 2. The van der Waals surface area contributed by atoms with E-state index in [-0.39, 0.29) is 11.8 Å². The van der Waals surface area contributed by atoms with E-state index in [1.165, 1.54) is 6.92 Å². The standard InChI is InChI=1S/C16H15IN2O2/c1-10-9-12(7-8-15(10)18-11(2)20)19-16(21)13-5-3-4-6-14(13)17/h3-9H,1-2H3,(H,18,20)(H,19,21). The summed E-state index contributed by atoms with van der Waals surface area (Å²) in [5.74, 6) is -0.264. The normalized spacial score (nSPS) is 10.0. The molecule has 0 atom stereocenters. The molecule has 0 aliphatic rings. The summed E-state index contributed by atoms with van der Waals surface area (Å²) in [6.45, 7) is 3.35. The van der Waals surface area contributed by atoms with E-state index in [2.05, 4.69) is 33.2 Å². The van der Waals surface area contributed by atoms with Gasteiger partial charge in [0.1, 0.15) is 0 Å². The Kier molecular flexibility index (Phi) is 4.95. The molecule has 0 bridgehead atoms. The molecule has 2 aromatic rings. The summed E-state index contributed by atoms with van der Waals surface area (Å²) in [5, 5.41) is 5.61. The fraction of sp³-hybridized carbons (Fsp3) is 0.125. The molecule has 0 unspecified atom stereocenters. The number of amides is 2. The summed E-state index contributed by atoms with van der Waals surface area (Å²) in [7, 11) is 0. The van der Waals surface area contributed by atoms with Crippen molar-refractivity contribution in [3.8, 4) is 0 Å². The highest BCUT2D eigenvalue weighted by atomic mass is 127. The van der Waals surface area contributed by atoms with E-state index in [9.17, 15) is 9.59 Å². The van der Waals surface area contributed by atoms with Crippen LogP contribution in [0.5, 0.6) is 0 Å². The number of hydrogen-bond donors (Lipinski definition) is 2. The maximum Gasteiger partial charge on any atom is 0.256 e. The van der Waals surface area contributed by atoms with Crippen molar-refractivity contribution < 1.29 is 9.59 Å². The smallest absolute Gasteiger partial charge is 0.256 e. The molecule has 2 N–H and O–H groups in total. The third kappa shape index (κ3) is 4.04. The van der Waals surface area contributed by atoms with Gasteiger partial charge in [-0.2, -0.15) is 0 Å². The molecule has 21 heavy (non-hydrogen) atoms. The van der Waals surface area contributed by atoms with Gasteiger partial charge in [0.15, 0.2) is 0 Å². The van der Waals surface area contributed by atoms with Gasteiger partial charge in [0.25, 0.3) is 5.91 Å². The molecule has 0 aliphatic heterocycles. The molecule has 2 amide bonds. The number of hydrogen-bond acceptors (Lipinski definition) is 2. The summed E-state index contributed by atoms with van der Waals surface area (Å²) >= 11 is 2.14. The van der Waals surface area contributed by atoms with E-state index in [0.29, 0.717) is 11.3 Å². The average molecular weight is 394 g/mol. The lowest BCUT2D eigenvalue weighted by Gasteiger charge is -2.10. The summed E-state index contributed by atoms with van der Waals surface area (Å²) < 4.78 is 0.902. The van der Waals surface area contributed by atoms with Crippen LogP contribution in [0, 0.1) is 10.5 Å². The average Bonchev–Trinajstić information content (AvgIpc) is 2.42. The first-order valence-corrected chi connectivity index (χ1v) is 7.49. The van der Waals surface area contributed by atoms with E-state index in [1.54, 1.807) is 18.2 Å². The molecule has 0 aromatic heterocycles. The number of rotatable bonds is 3. The predicted octanol–water partition coefficient (Wildman–Crippen LogP) is 3.81. The van der Waals surface area contributed by atoms with Gasteiger partial charge in [-0.25, -0.2) is 0 Å². The summed E-state index contributed by atoms with van der Waals surface area (Å²) in [4.78, 5) is 23.3. The van der Waals surface area contributed by atoms with Crippen LogP contribution < -0.4 is 10.6 Å². The molecule has 108 valence electrons. The molecule has 5 heteroatoms. The number of carbonyl (C=O) groups excluding carboxylic acids is 2. The summed E-state index contributed by atoms with van der Waals surface area (Å²) in [6.07, 6.45) is 0. The van der Waals surface area contributed by atoms with Crippen LogP contribution in [-0.4, -0.2) is 11.8 Å². The molecule has 2 rings (SSSR count). The predicted molar refractivity (Wildman–Crippen MR) is 92.6 cm³/mol. The van der Waals surface area contributed by atoms with Gasteiger partial charge < -0.3 is 10.6 Å². The number of nitrogens with one attached hydrogen (secondary N) is 2. The number of aryl methyl sites for hydroxylation is 1. The lowest BCUT2D eigenvalue weighted by atomic mass is 10.1. The Hall–Kier alpha value is -1.89. The van der Waals surface area contributed by atoms with Gasteiger partial charge in [0.2, 0.25) is 5.91 Å². The van der Waals surface area contributed by atoms with Gasteiger partial charge in [-0.15, -0.1) is 0 Å². The molecular weight excluding hydrogens is 379 g/mol. The first-order chi connectivity index (χ1) is 9.97. The topological polar surface area (TPSA) is 58.2 Å². The van der Waals surface area contributed by atoms with Crippen LogP contribution in [0.25, 0.3) is 0 Å². The van der Waals surface area contributed by atoms with Gasteiger partial charge in [-0.05, 0) is 65.4 Å². The van der Waals surface area contributed by atoms with Gasteiger partial charge in [0.05, 0.1) is 5.56 Å². The van der Waals surface area contributed by atoms with Crippen molar-refractivity contribution >= 4 is 45.8 Å². The Bertz CT molecular complexity index is 698. The molecule has 0 radical (unpaired) electrons. The van der Waals surface area contributed by atoms with Crippen molar-refractivity contribution in [1.29, 1.82) is 0 Å². The molecule has 0 saturated heterocycles. The zero-order chi connectivity index (χ0) is 15.4. The van der Waals surface area contributed by atoms with Crippen molar-refractivity contribution in [2.45, 2.75) is 13.8 Å². The highest BCUT2D eigenvalue weighted by molar-refractivity contribution is 14.1. The van der Waals surface area contributed by atoms with E-state index < -0.39 is 0 Å². The minimum atomic E-state index is -0.147. The molecule has 0 fully saturated rings. The van der Waals surface area contributed by atoms with Gasteiger partial charge in [-0.1, -0.05) is 12.1 Å². The van der Waals surface area contributed by atoms with Crippen molar-refractivity contribution in [3.63, 3.8) is 0 Å². The summed E-state index contributed by atoms with van der Waals surface area (Å²) in [5.41, 5.74) is 2.98. The largest absolute Gasteiger partial charge is 0.326 e. The second-order valence-electron chi connectivity index (χ2n) is 4.64. The molecule has 0 heterocycles. The molecule has 0 saturated carbocycles. The van der Waals surface area contributed by atoms with Crippen LogP contribution in [0.3, 0.4) is 0 Å². The van der Waals surface area contributed by atoms with Crippen LogP contribution in [0.4, 0.5) is 11.4 Å². The fourth-order valence-electron chi connectivity index (χ4n) is 1.92. The SMILES string of the molecule is CC(=O)Nc1ccc(NC(=O)c2ccccc2I)cc1C.